The predicted molar refractivity (Wildman–Crippen MR) is 69.9 cm³/mol. The molecule has 0 bridgehead atoms. The van der Waals surface area contributed by atoms with Gasteiger partial charge in [0.25, 0.3) is 0 Å². The van der Waals surface area contributed by atoms with E-state index in [1.54, 1.807) is 0 Å². The Kier molecular flexibility index (Phi) is 7.34. The average Bonchev–Trinajstić information content (AvgIpc) is 2.18. The van der Waals surface area contributed by atoms with E-state index in [2.05, 4.69) is 0 Å². The second kappa shape index (κ2) is 7.63. The fraction of sp³-hybridized carbons (Fsp3) is 0.500. The fourth-order valence-corrected chi connectivity index (χ4v) is 1.53. The van der Waals surface area contributed by atoms with Gasteiger partial charge < -0.3 is 15.7 Å². The molecule has 0 fully saturated rings. The minimum absolute atomic E-state index is 0. The van der Waals surface area contributed by atoms with E-state index in [4.69, 9.17) is 5.73 Å². The second-order valence-electron chi connectivity index (χ2n) is 4.18. The van der Waals surface area contributed by atoms with Gasteiger partial charge in [0, 0.05) is 12.6 Å². The van der Waals surface area contributed by atoms with Gasteiger partial charge in [0.2, 0.25) is 0 Å². The Hall–Kier alpha value is -0.610. The van der Waals surface area contributed by atoms with Crippen LogP contribution in [0.3, 0.4) is 0 Å². The summed E-state index contributed by atoms with van der Waals surface area (Å²) >= 11 is 0. The van der Waals surface area contributed by atoms with Crippen LogP contribution in [0.5, 0.6) is 0 Å². The van der Waals surface area contributed by atoms with Crippen LogP contribution in [-0.4, -0.2) is 42.8 Å². The molecule has 1 rings (SSSR count). The van der Waals surface area contributed by atoms with Gasteiger partial charge in [-0.2, -0.15) is 0 Å². The van der Waals surface area contributed by atoms with Crippen molar-refractivity contribution in [2.45, 2.75) is 18.6 Å². The molecular formula is C12H21ClN2O. The molecule has 0 unspecified atom stereocenters. The van der Waals surface area contributed by atoms with E-state index in [1.165, 1.54) is 5.56 Å². The maximum atomic E-state index is 9.78. The number of hydrogen-bond donors (Lipinski definition) is 2. The molecule has 0 aliphatic rings. The number of benzene rings is 1. The number of halogens is 1. The van der Waals surface area contributed by atoms with E-state index >= 15 is 0 Å². The van der Waals surface area contributed by atoms with E-state index < -0.39 is 6.10 Å². The zero-order valence-electron chi connectivity index (χ0n) is 9.84. The zero-order valence-corrected chi connectivity index (χ0v) is 10.7. The molecule has 0 aliphatic heterocycles. The van der Waals surface area contributed by atoms with Crippen molar-refractivity contribution in [1.29, 1.82) is 0 Å². The van der Waals surface area contributed by atoms with Crippen molar-refractivity contribution in [2.24, 2.45) is 5.73 Å². The topological polar surface area (TPSA) is 49.5 Å². The molecule has 1 aromatic carbocycles. The highest BCUT2D eigenvalue weighted by molar-refractivity contribution is 5.85. The average molecular weight is 245 g/mol. The molecule has 0 aromatic heterocycles. The first kappa shape index (κ1) is 15.4. The highest BCUT2D eigenvalue weighted by Gasteiger charge is 2.15. The summed E-state index contributed by atoms with van der Waals surface area (Å²) in [6, 6.07) is 9.81. The Morgan fingerprint density at radius 2 is 1.81 bits per heavy atom. The van der Waals surface area contributed by atoms with Crippen molar-refractivity contribution >= 4 is 12.4 Å². The van der Waals surface area contributed by atoms with Crippen molar-refractivity contribution in [3.8, 4) is 0 Å². The van der Waals surface area contributed by atoms with Crippen molar-refractivity contribution in [2.75, 3.05) is 20.6 Å². The van der Waals surface area contributed by atoms with Crippen molar-refractivity contribution in [3.63, 3.8) is 0 Å². The lowest BCUT2D eigenvalue weighted by Crippen LogP contribution is -2.42. The summed E-state index contributed by atoms with van der Waals surface area (Å²) in [7, 11) is 3.86. The number of aliphatic hydroxyl groups excluding tert-OH is 1. The number of aliphatic hydroxyl groups is 1. The molecular weight excluding hydrogens is 224 g/mol. The van der Waals surface area contributed by atoms with Gasteiger partial charge in [-0.3, -0.25) is 0 Å². The summed E-state index contributed by atoms with van der Waals surface area (Å²) in [5.74, 6) is 0. The van der Waals surface area contributed by atoms with Crippen LogP contribution in [0.15, 0.2) is 30.3 Å². The molecule has 16 heavy (non-hydrogen) atoms. The van der Waals surface area contributed by atoms with E-state index in [0.29, 0.717) is 6.54 Å². The van der Waals surface area contributed by atoms with Crippen molar-refractivity contribution < 1.29 is 5.11 Å². The molecule has 3 nitrogen and oxygen atoms in total. The molecule has 1 aromatic rings. The highest BCUT2D eigenvalue weighted by Crippen LogP contribution is 2.04. The zero-order chi connectivity index (χ0) is 11.3. The summed E-state index contributed by atoms with van der Waals surface area (Å²) < 4.78 is 0. The standard InChI is InChI=1S/C12H20N2O.ClH/c1-14(2)9-12(15)11(13)8-10-6-4-3-5-7-10;/h3-7,11-12,15H,8-9,13H2,1-2H3;1H/t11-,12+;/m1./s1. The Bertz CT molecular complexity index is 280. The molecule has 0 spiro atoms. The maximum Gasteiger partial charge on any atom is 0.0820 e. The molecule has 0 amide bonds. The van der Waals surface area contributed by atoms with Crippen molar-refractivity contribution in [3.05, 3.63) is 35.9 Å². The third kappa shape index (κ3) is 5.47. The summed E-state index contributed by atoms with van der Waals surface area (Å²) in [5.41, 5.74) is 7.09. The third-order valence-electron chi connectivity index (χ3n) is 2.36. The highest BCUT2D eigenvalue weighted by atomic mass is 35.5. The number of likely N-dealkylation sites (N-methyl/N-ethyl adjacent to an activating group) is 1. The van der Waals surface area contributed by atoms with Gasteiger partial charge in [-0.05, 0) is 26.1 Å². The molecule has 2 atom stereocenters. The van der Waals surface area contributed by atoms with Gasteiger partial charge in [-0.15, -0.1) is 12.4 Å². The van der Waals surface area contributed by atoms with Crippen LogP contribution in [0.4, 0.5) is 0 Å². The van der Waals surface area contributed by atoms with Gasteiger partial charge in [0.05, 0.1) is 6.10 Å². The smallest absolute Gasteiger partial charge is 0.0820 e. The molecule has 0 heterocycles. The lowest BCUT2D eigenvalue weighted by Gasteiger charge is -2.22. The largest absolute Gasteiger partial charge is 0.390 e. The lowest BCUT2D eigenvalue weighted by atomic mass is 10.0. The van der Waals surface area contributed by atoms with E-state index in [1.807, 2.05) is 49.3 Å². The monoisotopic (exact) mass is 244 g/mol. The van der Waals surface area contributed by atoms with Gasteiger partial charge in [0.15, 0.2) is 0 Å². The first-order chi connectivity index (χ1) is 7.09. The minimum Gasteiger partial charge on any atom is -0.390 e. The van der Waals surface area contributed by atoms with Crippen LogP contribution in [0.1, 0.15) is 5.56 Å². The third-order valence-corrected chi connectivity index (χ3v) is 2.36. The number of nitrogens with two attached hydrogens (primary N) is 1. The molecule has 0 radical (unpaired) electrons. The molecule has 0 saturated carbocycles. The Labute approximate surface area is 104 Å². The number of hydrogen-bond acceptors (Lipinski definition) is 3. The van der Waals surface area contributed by atoms with Gasteiger partial charge in [-0.25, -0.2) is 0 Å². The number of nitrogens with zero attached hydrogens (tertiary/aromatic N) is 1. The van der Waals surface area contributed by atoms with Gasteiger partial charge >= 0.3 is 0 Å². The van der Waals surface area contributed by atoms with Crippen LogP contribution in [-0.2, 0) is 6.42 Å². The lowest BCUT2D eigenvalue weighted by molar-refractivity contribution is 0.111. The van der Waals surface area contributed by atoms with Gasteiger partial charge in [0.1, 0.15) is 0 Å². The normalized spacial score (nSPS) is 14.3. The fourth-order valence-electron chi connectivity index (χ4n) is 1.53. The Morgan fingerprint density at radius 1 is 1.25 bits per heavy atom. The molecule has 3 N–H and O–H groups in total. The van der Waals surface area contributed by atoms with Crippen LogP contribution < -0.4 is 5.73 Å². The van der Waals surface area contributed by atoms with E-state index in [0.717, 1.165) is 6.42 Å². The second-order valence-corrected chi connectivity index (χ2v) is 4.18. The van der Waals surface area contributed by atoms with Gasteiger partial charge in [-0.1, -0.05) is 30.3 Å². The van der Waals surface area contributed by atoms with Crippen LogP contribution >= 0.6 is 12.4 Å². The maximum absolute atomic E-state index is 9.78. The first-order valence-electron chi connectivity index (χ1n) is 5.22. The molecule has 0 aliphatic carbocycles. The summed E-state index contributed by atoms with van der Waals surface area (Å²) in [6.45, 7) is 0.605. The van der Waals surface area contributed by atoms with E-state index in [9.17, 15) is 5.11 Å². The Morgan fingerprint density at radius 3 is 2.31 bits per heavy atom. The van der Waals surface area contributed by atoms with E-state index in [-0.39, 0.29) is 18.4 Å². The van der Waals surface area contributed by atoms with Crippen LogP contribution in [0, 0.1) is 0 Å². The molecule has 92 valence electrons. The van der Waals surface area contributed by atoms with Crippen molar-refractivity contribution in [1.82, 2.24) is 4.90 Å². The number of rotatable bonds is 5. The first-order valence-corrected chi connectivity index (χ1v) is 5.22. The SMILES string of the molecule is CN(C)C[C@H](O)[C@H](N)Cc1ccccc1.Cl. The quantitative estimate of drug-likeness (QED) is 0.809. The Balaban J connectivity index is 0.00000225. The molecule has 4 heteroatoms. The summed E-state index contributed by atoms with van der Waals surface area (Å²) in [6.07, 6.45) is 0.246. The minimum atomic E-state index is -0.472. The summed E-state index contributed by atoms with van der Waals surface area (Å²) in [4.78, 5) is 1.94. The predicted octanol–water partition coefficient (Wildman–Crippen LogP) is 0.901. The van der Waals surface area contributed by atoms with Crippen LogP contribution in [0.25, 0.3) is 0 Å². The molecule has 0 saturated heterocycles. The van der Waals surface area contributed by atoms with Crippen LogP contribution in [0.2, 0.25) is 0 Å². The summed E-state index contributed by atoms with van der Waals surface area (Å²) in [5, 5.41) is 9.78.